The number of hydrogen-bond donors (Lipinski definition) is 1. The third kappa shape index (κ3) is 6.54. The topological polar surface area (TPSA) is 44.7 Å². The molecule has 0 bridgehead atoms. The number of benzene rings is 3. The van der Waals surface area contributed by atoms with Crippen LogP contribution >= 0.6 is 11.8 Å². The Bertz CT molecular complexity index is 994. The molecule has 1 heterocycles. The number of amides is 1. The first-order valence-corrected chi connectivity index (χ1v) is 11.6. The Morgan fingerprint density at radius 1 is 0.839 bits per heavy atom. The monoisotopic (exact) mass is 429 g/mol. The molecule has 1 N–H and O–H groups in total. The second-order valence-corrected chi connectivity index (χ2v) is 8.73. The van der Waals surface area contributed by atoms with Crippen LogP contribution in [0.25, 0.3) is 0 Å². The normalized spacial score (nSPS) is 14.3. The lowest BCUT2D eigenvalue weighted by molar-refractivity contribution is 0.0954. The van der Waals surface area contributed by atoms with E-state index in [9.17, 15) is 4.79 Å². The van der Waals surface area contributed by atoms with Crippen LogP contribution in [0.5, 0.6) is 0 Å². The van der Waals surface area contributed by atoms with Crippen molar-refractivity contribution in [3.05, 3.63) is 102 Å². The molecule has 158 valence electrons. The average Bonchev–Trinajstić information content (AvgIpc) is 2.84. The molecule has 0 aliphatic carbocycles. The molecule has 0 unspecified atom stereocenters. The minimum Gasteiger partial charge on any atom is -0.298 e. The van der Waals surface area contributed by atoms with E-state index in [-0.39, 0.29) is 5.91 Å². The van der Waals surface area contributed by atoms with E-state index in [2.05, 4.69) is 51.8 Å². The highest BCUT2D eigenvalue weighted by Crippen LogP contribution is 2.22. The molecule has 3 aromatic carbocycles. The second-order valence-electron chi connectivity index (χ2n) is 7.68. The highest BCUT2D eigenvalue weighted by atomic mass is 32.2. The van der Waals surface area contributed by atoms with Crippen molar-refractivity contribution in [3.8, 4) is 0 Å². The third-order valence-electron chi connectivity index (χ3n) is 5.36. The Balaban J connectivity index is 1.22. The van der Waals surface area contributed by atoms with Crippen LogP contribution in [0.1, 0.15) is 34.3 Å². The number of nitrogens with one attached hydrogen (secondary N) is 1. The maximum absolute atomic E-state index is 12.4. The molecule has 0 aromatic heterocycles. The summed E-state index contributed by atoms with van der Waals surface area (Å²) in [5, 5.41) is 4.39. The fraction of sp³-hybridized carbons (Fsp3) is 0.231. The summed E-state index contributed by atoms with van der Waals surface area (Å²) in [5.74, 6) is 0.731. The zero-order valence-corrected chi connectivity index (χ0v) is 18.4. The largest absolute Gasteiger partial charge is 0.298 e. The van der Waals surface area contributed by atoms with Gasteiger partial charge in [-0.05, 0) is 35.4 Å². The number of carbonyl (C=O) groups is 1. The van der Waals surface area contributed by atoms with E-state index in [1.807, 2.05) is 48.5 Å². The Labute approximate surface area is 188 Å². The van der Waals surface area contributed by atoms with Crippen molar-refractivity contribution in [1.82, 2.24) is 10.3 Å². The van der Waals surface area contributed by atoms with Gasteiger partial charge < -0.3 is 0 Å². The zero-order chi connectivity index (χ0) is 21.3. The summed E-state index contributed by atoms with van der Waals surface area (Å²) in [6.07, 6.45) is 1.78. The highest BCUT2D eigenvalue weighted by Gasteiger charge is 2.15. The smallest absolute Gasteiger partial charge is 0.271 e. The average molecular weight is 430 g/mol. The molecule has 1 fully saturated rings. The van der Waals surface area contributed by atoms with Crippen LogP contribution in [0.2, 0.25) is 0 Å². The quantitative estimate of drug-likeness (QED) is 0.406. The van der Waals surface area contributed by atoms with Crippen molar-refractivity contribution in [2.24, 2.45) is 5.10 Å². The molecule has 4 nitrogen and oxygen atoms in total. The van der Waals surface area contributed by atoms with Gasteiger partial charge in [-0.3, -0.25) is 9.69 Å². The van der Waals surface area contributed by atoms with Crippen molar-refractivity contribution in [2.75, 3.05) is 13.1 Å². The molecule has 0 atom stereocenters. The van der Waals surface area contributed by atoms with E-state index < -0.39 is 0 Å². The Morgan fingerprint density at radius 3 is 2.16 bits per heavy atom. The SMILES string of the molecule is O=C(NN=C1CCN(Cc2ccccc2)CC1)c1ccc(CSc2ccccc2)cc1. The number of likely N-dealkylation sites (tertiary alicyclic amines) is 1. The zero-order valence-electron chi connectivity index (χ0n) is 17.5. The first-order valence-electron chi connectivity index (χ1n) is 10.6. The molecule has 1 saturated heterocycles. The first kappa shape index (κ1) is 21.3. The molecular weight excluding hydrogens is 402 g/mol. The summed E-state index contributed by atoms with van der Waals surface area (Å²) < 4.78 is 0. The lowest BCUT2D eigenvalue weighted by atomic mass is 10.1. The van der Waals surface area contributed by atoms with Crippen LogP contribution in [0.4, 0.5) is 0 Å². The lowest BCUT2D eigenvalue weighted by Gasteiger charge is -2.27. The molecule has 5 heteroatoms. The van der Waals surface area contributed by atoms with Gasteiger partial charge in [-0.15, -0.1) is 11.8 Å². The van der Waals surface area contributed by atoms with Gasteiger partial charge in [0.2, 0.25) is 0 Å². The van der Waals surface area contributed by atoms with E-state index in [4.69, 9.17) is 0 Å². The summed E-state index contributed by atoms with van der Waals surface area (Å²) in [5.41, 5.74) is 6.97. The number of nitrogens with zero attached hydrogens (tertiary/aromatic N) is 2. The minimum absolute atomic E-state index is 0.151. The van der Waals surface area contributed by atoms with Crippen molar-refractivity contribution >= 4 is 23.4 Å². The van der Waals surface area contributed by atoms with Crippen LogP contribution in [-0.4, -0.2) is 29.6 Å². The van der Waals surface area contributed by atoms with Crippen molar-refractivity contribution < 1.29 is 4.79 Å². The molecule has 0 saturated carbocycles. The summed E-state index contributed by atoms with van der Waals surface area (Å²) >= 11 is 1.79. The Morgan fingerprint density at radius 2 is 1.48 bits per heavy atom. The number of hydrogen-bond acceptors (Lipinski definition) is 4. The second kappa shape index (κ2) is 10.9. The third-order valence-corrected chi connectivity index (χ3v) is 6.45. The maximum Gasteiger partial charge on any atom is 0.271 e. The Kier molecular flexibility index (Phi) is 7.53. The van der Waals surface area contributed by atoms with Gasteiger partial charge in [-0.2, -0.15) is 5.10 Å². The predicted molar refractivity (Wildman–Crippen MR) is 128 cm³/mol. The van der Waals surface area contributed by atoms with Crippen molar-refractivity contribution in [3.63, 3.8) is 0 Å². The van der Waals surface area contributed by atoms with Gasteiger partial charge in [0.15, 0.2) is 0 Å². The van der Waals surface area contributed by atoms with Gasteiger partial charge in [0.05, 0.1) is 0 Å². The standard InChI is InChI=1S/C26H27N3OS/c30-26(23-13-11-22(12-14-23)20-31-25-9-5-2-6-10-25)28-27-24-15-17-29(18-16-24)19-21-7-3-1-4-8-21/h1-14H,15-20H2,(H,28,30). The van der Waals surface area contributed by atoms with Gasteiger partial charge in [0.1, 0.15) is 0 Å². The fourth-order valence-electron chi connectivity index (χ4n) is 3.55. The van der Waals surface area contributed by atoms with Crippen LogP contribution in [-0.2, 0) is 12.3 Å². The van der Waals surface area contributed by atoms with Crippen molar-refractivity contribution in [1.29, 1.82) is 0 Å². The number of piperidine rings is 1. The molecular formula is C26H27N3OS. The van der Waals surface area contributed by atoms with E-state index in [1.165, 1.54) is 16.0 Å². The number of thioether (sulfide) groups is 1. The van der Waals surface area contributed by atoms with E-state index in [1.54, 1.807) is 11.8 Å². The van der Waals surface area contributed by atoms with Crippen molar-refractivity contribution in [2.45, 2.75) is 30.0 Å². The molecule has 1 amide bonds. The molecule has 4 rings (SSSR count). The predicted octanol–water partition coefficient (Wildman–Crippen LogP) is 5.36. The summed E-state index contributed by atoms with van der Waals surface area (Å²) in [4.78, 5) is 16.1. The number of carbonyl (C=O) groups excluding carboxylic acids is 1. The molecule has 0 spiro atoms. The van der Waals surface area contributed by atoms with Crippen LogP contribution in [0.15, 0.2) is 94.9 Å². The van der Waals surface area contributed by atoms with Gasteiger partial charge in [0.25, 0.3) is 5.91 Å². The highest BCUT2D eigenvalue weighted by molar-refractivity contribution is 7.98. The number of hydrazone groups is 1. The van der Waals surface area contributed by atoms with Gasteiger partial charge >= 0.3 is 0 Å². The summed E-state index contributed by atoms with van der Waals surface area (Å²) in [6.45, 7) is 2.91. The minimum atomic E-state index is -0.151. The first-order chi connectivity index (χ1) is 15.3. The van der Waals surface area contributed by atoms with E-state index in [0.717, 1.165) is 43.9 Å². The summed E-state index contributed by atoms with van der Waals surface area (Å²) in [7, 11) is 0. The lowest BCUT2D eigenvalue weighted by Crippen LogP contribution is -2.34. The Hall–Kier alpha value is -2.89. The molecule has 1 aliphatic heterocycles. The fourth-order valence-corrected chi connectivity index (χ4v) is 4.43. The molecule has 3 aromatic rings. The molecule has 31 heavy (non-hydrogen) atoms. The van der Waals surface area contributed by atoms with Crippen LogP contribution < -0.4 is 5.43 Å². The molecule has 1 aliphatic rings. The van der Waals surface area contributed by atoms with Gasteiger partial charge in [0, 0.05) is 54.4 Å². The van der Waals surface area contributed by atoms with Gasteiger partial charge in [-0.1, -0.05) is 60.7 Å². The van der Waals surface area contributed by atoms with Crippen LogP contribution in [0, 0.1) is 0 Å². The van der Waals surface area contributed by atoms with Crippen LogP contribution in [0.3, 0.4) is 0 Å². The van der Waals surface area contributed by atoms with Gasteiger partial charge in [-0.25, -0.2) is 5.43 Å². The molecule has 0 radical (unpaired) electrons. The van der Waals surface area contributed by atoms with E-state index in [0.29, 0.717) is 5.56 Å². The summed E-state index contributed by atoms with van der Waals surface area (Å²) in [6, 6.07) is 28.6. The maximum atomic E-state index is 12.4. The van der Waals surface area contributed by atoms with E-state index >= 15 is 0 Å². The number of rotatable bonds is 7.